The van der Waals surface area contributed by atoms with E-state index < -0.39 is 0 Å². The Morgan fingerprint density at radius 1 is 0.773 bits per heavy atom. The molecule has 1 aromatic carbocycles. The van der Waals surface area contributed by atoms with E-state index >= 15 is 0 Å². The molecule has 1 rings (SSSR count). The van der Waals surface area contributed by atoms with Crippen molar-refractivity contribution in [3.05, 3.63) is 28.8 Å². The van der Waals surface area contributed by atoms with E-state index in [1.165, 1.54) is 70.6 Å². The molecule has 0 aromatic heterocycles. The van der Waals surface area contributed by atoms with E-state index in [1.54, 1.807) is 12.1 Å². The molecule has 0 aliphatic heterocycles. The standard InChI is InChI=1S/C20H33ClO/c1-2-3-4-5-6-7-8-9-10-11-12-13-14-18-17-19(21)15-16-20(18)22/h15-17,22H,2-14H2,1H3. The van der Waals surface area contributed by atoms with Gasteiger partial charge in [-0.15, -0.1) is 0 Å². The van der Waals surface area contributed by atoms with E-state index in [0.717, 1.165) is 18.4 Å². The van der Waals surface area contributed by atoms with Gasteiger partial charge in [-0.1, -0.05) is 89.2 Å². The molecule has 0 fully saturated rings. The largest absolute Gasteiger partial charge is 0.508 e. The predicted molar refractivity (Wildman–Crippen MR) is 97.9 cm³/mol. The van der Waals surface area contributed by atoms with Gasteiger partial charge in [-0.25, -0.2) is 0 Å². The van der Waals surface area contributed by atoms with Gasteiger partial charge >= 0.3 is 0 Å². The van der Waals surface area contributed by atoms with Crippen LogP contribution in [0.25, 0.3) is 0 Å². The van der Waals surface area contributed by atoms with Crippen molar-refractivity contribution in [2.75, 3.05) is 0 Å². The lowest BCUT2D eigenvalue weighted by Crippen LogP contribution is -1.88. The summed E-state index contributed by atoms with van der Waals surface area (Å²) in [7, 11) is 0. The van der Waals surface area contributed by atoms with Crippen LogP contribution in [-0.2, 0) is 6.42 Å². The van der Waals surface area contributed by atoms with E-state index in [-0.39, 0.29) is 0 Å². The molecule has 1 nitrogen and oxygen atoms in total. The fourth-order valence-corrected chi connectivity index (χ4v) is 3.11. The molecule has 1 N–H and O–H groups in total. The van der Waals surface area contributed by atoms with E-state index in [4.69, 9.17) is 11.6 Å². The van der Waals surface area contributed by atoms with Crippen LogP contribution in [0.2, 0.25) is 5.02 Å². The fraction of sp³-hybridized carbons (Fsp3) is 0.700. The Labute approximate surface area is 142 Å². The zero-order valence-corrected chi connectivity index (χ0v) is 15.0. The Bertz CT molecular complexity index is 389. The lowest BCUT2D eigenvalue weighted by molar-refractivity contribution is 0.466. The molecule has 0 unspecified atom stereocenters. The van der Waals surface area contributed by atoms with Gasteiger partial charge in [0.2, 0.25) is 0 Å². The minimum absolute atomic E-state index is 0.382. The molecule has 22 heavy (non-hydrogen) atoms. The molecule has 1 aromatic rings. The lowest BCUT2D eigenvalue weighted by Gasteiger charge is -2.05. The number of unbranched alkanes of at least 4 members (excludes halogenated alkanes) is 11. The van der Waals surface area contributed by atoms with Crippen molar-refractivity contribution in [2.24, 2.45) is 0 Å². The monoisotopic (exact) mass is 324 g/mol. The first-order valence-corrected chi connectivity index (χ1v) is 9.59. The highest BCUT2D eigenvalue weighted by Crippen LogP contribution is 2.23. The first-order valence-electron chi connectivity index (χ1n) is 9.21. The minimum Gasteiger partial charge on any atom is -0.508 e. The molecule has 2 heteroatoms. The summed E-state index contributed by atoms with van der Waals surface area (Å²) in [5, 5.41) is 10.5. The average molecular weight is 325 g/mol. The molecule has 0 spiro atoms. The maximum Gasteiger partial charge on any atom is 0.118 e. The number of hydrogen-bond acceptors (Lipinski definition) is 1. The Morgan fingerprint density at radius 3 is 1.82 bits per heavy atom. The highest BCUT2D eigenvalue weighted by molar-refractivity contribution is 6.30. The zero-order chi connectivity index (χ0) is 16.0. The maximum atomic E-state index is 9.75. The molecule has 0 heterocycles. The van der Waals surface area contributed by atoms with Gasteiger partial charge in [0.25, 0.3) is 0 Å². The minimum atomic E-state index is 0.382. The average Bonchev–Trinajstić information content (AvgIpc) is 2.51. The number of aryl methyl sites for hydroxylation is 1. The van der Waals surface area contributed by atoms with Crippen LogP contribution in [0.4, 0.5) is 0 Å². The van der Waals surface area contributed by atoms with Crippen molar-refractivity contribution in [2.45, 2.75) is 90.4 Å². The molecule has 0 saturated carbocycles. The Morgan fingerprint density at radius 2 is 1.27 bits per heavy atom. The number of phenolic OH excluding ortho intramolecular Hbond substituents is 1. The van der Waals surface area contributed by atoms with Crippen LogP contribution in [0.5, 0.6) is 5.75 Å². The van der Waals surface area contributed by atoms with Gasteiger partial charge in [-0.05, 0) is 36.6 Å². The first kappa shape index (κ1) is 19.4. The summed E-state index contributed by atoms with van der Waals surface area (Å²) >= 11 is 5.96. The van der Waals surface area contributed by atoms with Crippen molar-refractivity contribution < 1.29 is 5.11 Å². The van der Waals surface area contributed by atoms with Crippen LogP contribution >= 0.6 is 11.6 Å². The highest BCUT2D eigenvalue weighted by atomic mass is 35.5. The van der Waals surface area contributed by atoms with Gasteiger partial charge in [0.1, 0.15) is 5.75 Å². The summed E-state index contributed by atoms with van der Waals surface area (Å²) in [4.78, 5) is 0. The number of halogens is 1. The Hall–Kier alpha value is -0.690. The lowest BCUT2D eigenvalue weighted by atomic mass is 10.0. The smallest absolute Gasteiger partial charge is 0.118 e. The molecule has 0 amide bonds. The van der Waals surface area contributed by atoms with E-state index in [2.05, 4.69) is 6.92 Å². The molecular weight excluding hydrogens is 292 g/mol. The molecule has 126 valence electrons. The summed E-state index contributed by atoms with van der Waals surface area (Å²) in [5.41, 5.74) is 0.986. The number of hydrogen-bond donors (Lipinski definition) is 1. The maximum absolute atomic E-state index is 9.75. The number of rotatable bonds is 13. The third-order valence-corrected chi connectivity index (χ3v) is 4.58. The van der Waals surface area contributed by atoms with E-state index in [0.29, 0.717) is 10.8 Å². The van der Waals surface area contributed by atoms with Crippen molar-refractivity contribution in [3.8, 4) is 5.75 Å². The van der Waals surface area contributed by atoms with E-state index in [1.807, 2.05) is 6.07 Å². The fourth-order valence-electron chi connectivity index (χ4n) is 2.91. The second kappa shape index (κ2) is 12.8. The van der Waals surface area contributed by atoms with Gasteiger partial charge in [-0.3, -0.25) is 0 Å². The summed E-state index contributed by atoms with van der Waals surface area (Å²) in [5.74, 6) is 0.382. The van der Waals surface area contributed by atoms with Gasteiger partial charge in [0.05, 0.1) is 0 Å². The van der Waals surface area contributed by atoms with Crippen LogP contribution in [0.1, 0.15) is 89.5 Å². The molecule has 0 bridgehead atoms. The SMILES string of the molecule is CCCCCCCCCCCCCCc1cc(Cl)ccc1O. The van der Waals surface area contributed by atoms with Crippen LogP contribution in [-0.4, -0.2) is 5.11 Å². The quantitative estimate of drug-likeness (QED) is 0.378. The number of aromatic hydroxyl groups is 1. The third-order valence-electron chi connectivity index (χ3n) is 4.34. The summed E-state index contributed by atoms with van der Waals surface area (Å²) in [6.07, 6.45) is 17.2. The van der Waals surface area contributed by atoms with Gasteiger partial charge < -0.3 is 5.11 Å². The molecular formula is C20H33ClO. The molecule has 0 aliphatic rings. The van der Waals surface area contributed by atoms with Crippen molar-refractivity contribution in [3.63, 3.8) is 0 Å². The molecule has 0 radical (unpaired) electrons. The van der Waals surface area contributed by atoms with Crippen LogP contribution in [0.15, 0.2) is 18.2 Å². The summed E-state index contributed by atoms with van der Waals surface area (Å²) in [6.45, 7) is 2.27. The normalized spacial score (nSPS) is 11.0. The van der Waals surface area contributed by atoms with Gasteiger partial charge in [-0.2, -0.15) is 0 Å². The first-order chi connectivity index (χ1) is 10.7. The summed E-state index contributed by atoms with van der Waals surface area (Å²) in [6, 6.07) is 5.32. The second-order valence-corrected chi connectivity index (χ2v) is 6.85. The van der Waals surface area contributed by atoms with Crippen LogP contribution in [0.3, 0.4) is 0 Å². The van der Waals surface area contributed by atoms with Crippen LogP contribution in [0, 0.1) is 0 Å². The topological polar surface area (TPSA) is 20.2 Å². The third kappa shape index (κ3) is 9.35. The highest BCUT2D eigenvalue weighted by Gasteiger charge is 2.02. The van der Waals surface area contributed by atoms with Crippen molar-refractivity contribution >= 4 is 11.6 Å². The number of benzene rings is 1. The Balaban J connectivity index is 1.90. The number of phenols is 1. The van der Waals surface area contributed by atoms with Crippen LogP contribution < -0.4 is 0 Å². The van der Waals surface area contributed by atoms with E-state index in [9.17, 15) is 5.11 Å². The molecule has 0 saturated heterocycles. The predicted octanol–water partition coefficient (Wildman–Crippen LogP) is 7.29. The van der Waals surface area contributed by atoms with Gasteiger partial charge in [0.15, 0.2) is 0 Å². The molecule has 0 atom stereocenters. The van der Waals surface area contributed by atoms with Crippen molar-refractivity contribution in [1.29, 1.82) is 0 Å². The Kier molecular flexibility index (Phi) is 11.3. The zero-order valence-electron chi connectivity index (χ0n) is 14.2. The summed E-state index contributed by atoms with van der Waals surface area (Å²) < 4.78 is 0. The van der Waals surface area contributed by atoms with Gasteiger partial charge in [0, 0.05) is 5.02 Å². The molecule has 0 aliphatic carbocycles. The van der Waals surface area contributed by atoms with Crippen molar-refractivity contribution in [1.82, 2.24) is 0 Å². The second-order valence-electron chi connectivity index (χ2n) is 6.41.